The molecule has 0 radical (unpaired) electrons. The van der Waals surface area contributed by atoms with Crippen LogP contribution in [0.1, 0.15) is 5.56 Å². The van der Waals surface area contributed by atoms with Crippen LogP contribution < -0.4 is 10.2 Å². The number of alkyl halides is 3. The highest BCUT2D eigenvalue weighted by Gasteiger charge is 2.30. The van der Waals surface area contributed by atoms with Crippen molar-refractivity contribution in [1.29, 1.82) is 0 Å². The van der Waals surface area contributed by atoms with Crippen LogP contribution in [0.25, 0.3) is 10.9 Å². The summed E-state index contributed by atoms with van der Waals surface area (Å²) in [6, 6.07) is 6.53. The second kappa shape index (κ2) is 7.93. The van der Waals surface area contributed by atoms with E-state index in [1.54, 1.807) is 12.3 Å². The number of rotatable bonds is 4. The highest BCUT2D eigenvalue weighted by Crippen LogP contribution is 2.32. The number of nitrogens with one attached hydrogen (secondary N) is 1. The van der Waals surface area contributed by atoms with Crippen molar-refractivity contribution in [1.82, 2.24) is 19.3 Å². The molecule has 0 spiro atoms. The van der Waals surface area contributed by atoms with Gasteiger partial charge in [0.2, 0.25) is 16.0 Å². The second-order valence-corrected chi connectivity index (χ2v) is 9.10. The fourth-order valence-electron chi connectivity index (χ4n) is 3.33. The zero-order chi connectivity index (χ0) is 22.2. The van der Waals surface area contributed by atoms with Gasteiger partial charge in [0.15, 0.2) is 0 Å². The number of hydrogen-bond acceptors (Lipinski definition) is 7. The summed E-state index contributed by atoms with van der Waals surface area (Å²) in [4.78, 5) is 15.0. The number of halogens is 3. The van der Waals surface area contributed by atoms with Crippen molar-refractivity contribution >= 4 is 38.4 Å². The average molecular weight is 452 g/mol. The SMILES string of the molecule is CS(=O)(=O)N1CCN(c2nc(Nc3cccc(C(F)(F)F)c3)c3cnccc3n2)CC1. The molecular weight excluding hydrogens is 433 g/mol. The largest absolute Gasteiger partial charge is 0.416 e. The van der Waals surface area contributed by atoms with E-state index in [1.807, 2.05) is 4.90 Å². The molecule has 0 amide bonds. The molecule has 31 heavy (non-hydrogen) atoms. The Labute approximate surface area is 176 Å². The zero-order valence-corrected chi connectivity index (χ0v) is 17.3. The number of benzene rings is 1. The molecule has 0 atom stereocenters. The first-order chi connectivity index (χ1) is 14.6. The number of aromatic nitrogens is 3. The average Bonchev–Trinajstić information content (AvgIpc) is 2.73. The van der Waals surface area contributed by atoms with E-state index in [4.69, 9.17) is 0 Å². The van der Waals surface area contributed by atoms with Gasteiger partial charge in [-0.2, -0.15) is 22.5 Å². The van der Waals surface area contributed by atoms with Crippen molar-refractivity contribution in [2.45, 2.75) is 6.18 Å². The number of hydrogen-bond donors (Lipinski definition) is 1. The van der Waals surface area contributed by atoms with Crippen molar-refractivity contribution < 1.29 is 21.6 Å². The van der Waals surface area contributed by atoms with Gasteiger partial charge in [0.05, 0.1) is 22.7 Å². The van der Waals surface area contributed by atoms with Crippen molar-refractivity contribution in [3.63, 3.8) is 0 Å². The van der Waals surface area contributed by atoms with Crippen LogP contribution >= 0.6 is 0 Å². The molecule has 2 aromatic heterocycles. The Morgan fingerprint density at radius 3 is 2.48 bits per heavy atom. The van der Waals surface area contributed by atoms with Crippen molar-refractivity contribution in [2.24, 2.45) is 0 Å². The first-order valence-corrected chi connectivity index (χ1v) is 11.2. The molecule has 3 aromatic rings. The van der Waals surface area contributed by atoms with Gasteiger partial charge in [0.1, 0.15) is 5.82 Å². The van der Waals surface area contributed by atoms with Crippen LogP contribution in [-0.2, 0) is 16.2 Å². The van der Waals surface area contributed by atoms with Gasteiger partial charge in [0.25, 0.3) is 0 Å². The van der Waals surface area contributed by atoms with Crippen LogP contribution in [0, 0.1) is 0 Å². The standard InChI is InChI=1S/C19H19F3N6O2S/c1-31(29,30)28-9-7-27(8-10-28)18-25-16-5-6-23-12-15(16)17(26-18)24-14-4-2-3-13(11-14)19(20,21)22/h2-6,11-12H,7-10H2,1H3,(H,24,25,26). The van der Waals surface area contributed by atoms with Gasteiger partial charge in [-0.15, -0.1) is 0 Å². The third-order valence-electron chi connectivity index (χ3n) is 4.93. The number of sulfonamides is 1. The topological polar surface area (TPSA) is 91.3 Å². The minimum absolute atomic E-state index is 0.228. The lowest BCUT2D eigenvalue weighted by atomic mass is 10.2. The maximum absolute atomic E-state index is 13.1. The first kappa shape index (κ1) is 21.2. The van der Waals surface area contributed by atoms with E-state index < -0.39 is 21.8 Å². The van der Waals surface area contributed by atoms with E-state index in [9.17, 15) is 21.6 Å². The molecule has 164 valence electrons. The molecule has 1 fully saturated rings. The Morgan fingerprint density at radius 1 is 1.06 bits per heavy atom. The molecule has 1 saturated heterocycles. The number of nitrogens with zero attached hydrogens (tertiary/aromatic N) is 5. The molecule has 1 aromatic carbocycles. The Kier molecular flexibility index (Phi) is 5.43. The molecule has 4 rings (SSSR count). The molecule has 0 saturated carbocycles. The summed E-state index contributed by atoms with van der Waals surface area (Å²) in [7, 11) is -3.28. The van der Waals surface area contributed by atoms with Crippen LogP contribution in [0.2, 0.25) is 0 Å². The van der Waals surface area contributed by atoms with Crippen molar-refractivity contribution in [3.05, 3.63) is 48.3 Å². The molecule has 8 nitrogen and oxygen atoms in total. The first-order valence-electron chi connectivity index (χ1n) is 9.37. The fourth-order valence-corrected chi connectivity index (χ4v) is 4.15. The minimum atomic E-state index is -4.46. The minimum Gasteiger partial charge on any atom is -0.339 e. The predicted octanol–water partition coefficient (Wildman–Crippen LogP) is 2.87. The third-order valence-corrected chi connectivity index (χ3v) is 6.23. The predicted molar refractivity (Wildman–Crippen MR) is 111 cm³/mol. The Balaban J connectivity index is 1.67. The quantitative estimate of drug-likeness (QED) is 0.651. The summed E-state index contributed by atoms with van der Waals surface area (Å²) < 4.78 is 64.1. The summed E-state index contributed by atoms with van der Waals surface area (Å²) in [5, 5.41) is 3.50. The Hall–Kier alpha value is -2.99. The van der Waals surface area contributed by atoms with Gasteiger partial charge in [-0.25, -0.2) is 13.4 Å². The van der Waals surface area contributed by atoms with Crippen LogP contribution in [0.3, 0.4) is 0 Å². The van der Waals surface area contributed by atoms with Crippen molar-refractivity contribution in [3.8, 4) is 0 Å². The van der Waals surface area contributed by atoms with E-state index in [0.29, 0.717) is 48.8 Å². The van der Waals surface area contributed by atoms with Gasteiger partial charge < -0.3 is 10.2 Å². The summed E-state index contributed by atoms with van der Waals surface area (Å²) >= 11 is 0. The van der Waals surface area contributed by atoms with E-state index >= 15 is 0 Å². The van der Waals surface area contributed by atoms with Gasteiger partial charge in [0, 0.05) is 44.3 Å². The molecule has 1 N–H and O–H groups in total. The molecule has 0 aliphatic carbocycles. The molecule has 0 unspecified atom stereocenters. The van der Waals surface area contributed by atoms with Crippen LogP contribution in [0.15, 0.2) is 42.7 Å². The molecule has 0 bridgehead atoms. The van der Waals surface area contributed by atoms with E-state index in [1.165, 1.54) is 28.9 Å². The summed E-state index contributed by atoms with van der Waals surface area (Å²) in [6.07, 6.45) is -0.192. The molecule has 1 aliphatic rings. The molecule has 1 aliphatic heterocycles. The van der Waals surface area contributed by atoms with Crippen LogP contribution in [-0.4, -0.2) is 60.1 Å². The van der Waals surface area contributed by atoms with Gasteiger partial charge in [-0.3, -0.25) is 4.98 Å². The Bertz CT molecular complexity index is 1210. The summed E-state index contributed by atoms with van der Waals surface area (Å²) in [6.45, 7) is 1.39. The monoisotopic (exact) mass is 452 g/mol. The maximum atomic E-state index is 13.1. The smallest absolute Gasteiger partial charge is 0.339 e. The van der Waals surface area contributed by atoms with Crippen LogP contribution in [0.5, 0.6) is 0 Å². The molecule has 3 heterocycles. The lowest BCUT2D eigenvalue weighted by Crippen LogP contribution is -2.48. The van der Waals surface area contributed by atoms with E-state index in [2.05, 4.69) is 20.3 Å². The number of piperazine rings is 1. The van der Waals surface area contributed by atoms with Crippen LogP contribution in [0.4, 0.5) is 30.6 Å². The molecular formula is C19H19F3N6O2S. The van der Waals surface area contributed by atoms with E-state index in [-0.39, 0.29) is 5.69 Å². The molecule has 12 heteroatoms. The van der Waals surface area contributed by atoms with Crippen molar-refractivity contribution in [2.75, 3.05) is 42.7 Å². The fraction of sp³-hybridized carbons (Fsp3) is 0.316. The zero-order valence-electron chi connectivity index (χ0n) is 16.5. The second-order valence-electron chi connectivity index (χ2n) is 7.12. The lowest BCUT2D eigenvalue weighted by molar-refractivity contribution is -0.137. The number of anilines is 3. The third kappa shape index (κ3) is 4.69. The van der Waals surface area contributed by atoms with Gasteiger partial charge in [-0.05, 0) is 24.3 Å². The normalized spacial score (nSPS) is 15.9. The summed E-state index contributed by atoms with van der Waals surface area (Å²) in [5.41, 5.74) is 0.0256. The maximum Gasteiger partial charge on any atom is 0.416 e. The lowest BCUT2D eigenvalue weighted by Gasteiger charge is -2.33. The van der Waals surface area contributed by atoms with Gasteiger partial charge in [-0.1, -0.05) is 6.07 Å². The highest BCUT2D eigenvalue weighted by atomic mass is 32.2. The number of fused-ring (bicyclic) bond motifs is 1. The Morgan fingerprint density at radius 2 is 1.81 bits per heavy atom. The van der Waals surface area contributed by atoms with Gasteiger partial charge >= 0.3 is 6.18 Å². The van der Waals surface area contributed by atoms with E-state index in [0.717, 1.165) is 12.1 Å². The highest BCUT2D eigenvalue weighted by molar-refractivity contribution is 7.88. The number of pyridine rings is 1. The summed E-state index contributed by atoms with van der Waals surface area (Å²) in [5.74, 6) is 0.680.